The number of hydrogen-bond acceptors (Lipinski definition) is 4. The van der Waals surface area contributed by atoms with Crippen LogP contribution >= 0.6 is 39.9 Å². The number of hydrogen-bond donors (Lipinski definition) is 1. The molecule has 3 nitrogen and oxygen atoms in total. The van der Waals surface area contributed by atoms with Crippen molar-refractivity contribution in [2.24, 2.45) is 0 Å². The first-order valence-electron chi connectivity index (χ1n) is 7.03. The van der Waals surface area contributed by atoms with Crippen molar-refractivity contribution in [3.8, 4) is 0 Å². The number of halogens is 2. The van der Waals surface area contributed by atoms with Crippen LogP contribution in [0.15, 0.2) is 57.9 Å². The molecule has 24 heavy (non-hydrogen) atoms. The molecule has 0 spiro atoms. The van der Waals surface area contributed by atoms with Crippen LogP contribution in [0.1, 0.15) is 5.56 Å². The zero-order valence-electron chi connectivity index (χ0n) is 12.3. The Balaban J connectivity index is 1.71. The summed E-state index contributed by atoms with van der Waals surface area (Å²) < 4.78 is 14.4. The predicted molar refractivity (Wildman–Crippen MR) is 104 cm³/mol. The third kappa shape index (κ3) is 4.03. The van der Waals surface area contributed by atoms with E-state index in [1.165, 1.54) is 28.8 Å². The second-order valence-electron chi connectivity index (χ2n) is 5.01. The highest BCUT2D eigenvalue weighted by molar-refractivity contribution is 9.10. The Morgan fingerprint density at radius 1 is 1.25 bits per heavy atom. The summed E-state index contributed by atoms with van der Waals surface area (Å²) in [5.74, 6) is -0.442. The summed E-state index contributed by atoms with van der Waals surface area (Å²) in [5.41, 5.74) is 1.65. The molecule has 0 saturated carbocycles. The van der Waals surface area contributed by atoms with E-state index >= 15 is 0 Å². The smallest absolute Gasteiger partial charge is 0.267 e. The molecule has 1 N–H and O–H groups in total. The van der Waals surface area contributed by atoms with Gasteiger partial charge in [-0.3, -0.25) is 9.69 Å². The summed E-state index contributed by atoms with van der Waals surface area (Å²) in [6, 6.07) is 13.6. The Kier molecular flexibility index (Phi) is 5.33. The fraction of sp³-hybridized carbons (Fsp3) is 0.0588. The van der Waals surface area contributed by atoms with E-state index < -0.39 is 0 Å². The van der Waals surface area contributed by atoms with E-state index in [0.717, 1.165) is 15.7 Å². The molecule has 0 radical (unpaired) electrons. The van der Waals surface area contributed by atoms with Crippen molar-refractivity contribution in [1.29, 1.82) is 0 Å². The van der Waals surface area contributed by atoms with Gasteiger partial charge in [-0.1, -0.05) is 52.0 Å². The van der Waals surface area contributed by atoms with Crippen molar-refractivity contribution in [3.63, 3.8) is 0 Å². The lowest BCUT2D eigenvalue weighted by Crippen LogP contribution is -2.33. The van der Waals surface area contributed by atoms with Crippen molar-refractivity contribution >= 4 is 61.9 Å². The zero-order chi connectivity index (χ0) is 17.1. The number of nitrogens with zero attached hydrogens (tertiary/aromatic N) is 1. The van der Waals surface area contributed by atoms with Crippen molar-refractivity contribution in [3.05, 3.63) is 69.3 Å². The van der Waals surface area contributed by atoms with Gasteiger partial charge >= 0.3 is 0 Å². The molecule has 0 aliphatic carbocycles. The summed E-state index contributed by atoms with van der Waals surface area (Å²) in [6.45, 7) is 0.242. The molecule has 1 heterocycles. The third-order valence-electron chi connectivity index (χ3n) is 3.31. The van der Waals surface area contributed by atoms with E-state index in [1.807, 2.05) is 30.3 Å². The fourth-order valence-corrected chi connectivity index (χ4v) is 3.79. The molecule has 1 fully saturated rings. The van der Waals surface area contributed by atoms with Crippen LogP contribution < -0.4 is 5.32 Å². The van der Waals surface area contributed by atoms with Crippen molar-refractivity contribution in [2.75, 3.05) is 12.0 Å². The van der Waals surface area contributed by atoms with Gasteiger partial charge < -0.3 is 5.32 Å². The lowest BCUT2D eigenvalue weighted by Gasteiger charge is -2.16. The number of nitrogens with one attached hydrogen (secondary N) is 1. The molecule has 0 aromatic heterocycles. The summed E-state index contributed by atoms with van der Waals surface area (Å²) in [7, 11) is 0. The van der Waals surface area contributed by atoms with Gasteiger partial charge in [-0.05, 0) is 48.0 Å². The van der Waals surface area contributed by atoms with E-state index in [-0.39, 0.29) is 18.4 Å². The van der Waals surface area contributed by atoms with Crippen LogP contribution in [0.3, 0.4) is 0 Å². The number of amides is 1. The Morgan fingerprint density at radius 2 is 2.00 bits per heavy atom. The molecule has 1 amide bonds. The maximum atomic E-state index is 12.9. The SMILES string of the molecule is O=C1/C(=C/c2cccc(Br)c2)SC(=S)N1CNc1ccc(F)cc1. The molecule has 1 aliphatic rings. The Hall–Kier alpha value is -1.70. The topological polar surface area (TPSA) is 32.3 Å². The van der Waals surface area contributed by atoms with E-state index in [1.54, 1.807) is 12.1 Å². The summed E-state index contributed by atoms with van der Waals surface area (Å²) >= 11 is 9.98. The van der Waals surface area contributed by atoms with Crippen LogP contribution in [0.5, 0.6) is 0 Å². The standard InChI is InChI=1S/C17H12BrFN2OS2/c18-12-3-1-2-11(8-12)9-15-16(22)21(17(23)24-15)10-20-14-6-4-13(19)5-7-14/h1-9,20H,10H2/b15-9-. The maximum absolute atomic E-state index is 12.9. The van der Waals surface area contributed by atoms with E-state index in [9.17, 15) is 9.18 Å². The average molecular weight is 423 g/mol. The first-order chi connectivity index (χ1) is 11.5. The van der Waals surface area contributed by atoms with Crippen LogP contribution in [-0.4, -0.2) is 21.8 Å². The molecule has 0 bridgehead atoms. The minimum atomic E-state index is -0.303. The molecule has 0 atom stereocenters. The van der Waals surface area contributed by atoms with E-state index in [4.69, 9.17) is 12.2 Å². The Labute approximate surface area is 157 Å². The van der Waals surface area contributed by atoms with Crippen molar-refractivity contribution in [1.82, 2.24) is 4.90 Å². The fourth-order valence-electron chi connectivity index (χ4n) is 2.12. The number of thiocarbonyl (C=S) groups is 1. The van der Waals surface area contributed by atoms with Gasteiger partial charge in [0.25, 0.3) is 5.91 Å². The van der Waals surface area contributed by atoms with E-state index in [2.05, 4.69) is 21.2 Å². The first kappa shape index (κ1) is 17.1. The molecule has 7 heteroatoms. The summed E-state index contributed by atoms with van der Waals surface area (Å²) in [5, 5.41) is 3.07. The average Bonchev–Trinajstić information content (AvgIpc) is 2.81. The van der Waals surface area contributed by atoms with Gasteiger partial charge in [0.2, 0.25) is 0 Å². The highest BCUT2D eigenvalue weighted by Crippen LogP contribution is 2.32. The first-order valence-corrected chi connectivity index (χ1v) is 9.05. The lowest BCUT2D eigenvalue weighted by molar-refractivity contribution is -0.121. The molecular weight excluding hydrogens is 411 g/mol. The second-order valence-corrected chi connectivity index (χ2v) is 7.60. The molecule has 1 saturated heterocycles. The van der Waals surface area contributed by atoms with Gasteiger partial charge in [0, 0.05) is 10.2 Å². The Bertz CT molecular complexity index is 824. The Morgan fingerprint density at radius 3 is 2.71 bits per heavy atom. The zero-order valence-corrected chi connectivity index (χ0v) is 15.6. The molecule has 3 rings (SSSR count). The normalized spacial score (nSPS) is 16.1. The maximum Gasteiger partial charge on any atom is 0.267 e. The van der Waals surface area contributed by atoms with Crippen LogP contribution in [0, 0.1) is 5.82 Å². The number of thioether (sulfide) groups is 1. The number of carbonyl (C=O) groups is 1. The highest BCUT2D eigenvalue weighted by Gasteiger charge is 2.31. The second kappa shape index (κ2) is 7.46. The number of anilines is 1. The minimum Gasteiger partial charge on any atom is -0.367 e. The van der Waals surface area contributed by atoms with E-state index in [0.29, 0.717) is 9.23 Å². The molecule has 122 valence electrons. The molecule has 1 aliphatic heterocycles. The molecule has 0 unspecified atom stereocenters. The van der Waals surface area contributed by atoms with Crippen LogP contribution in [0.2, 0.25) is 0 Å². The van der Waals surface area contributed by atoms with Gasteiger partial charge in [0.15, 0.2) is 0 Å². The number of benzene rings is 2. The summed E-state index contributed by atoms with van der Waals surface area (Å²) in [4.78, 5) is 14.6. The largest absolute Gasteiger partial charge is 0.367 e. The number of rotatable bonds is 4. The predicted octanol–water partition coefficient (Wildman–Crippen LogP) is 4.86. The van der Waals surface area contributed by atoms with Crippen LogP contribution in [-0.2, 0) is 4.79 Å². The van der Waals surface area contributed by atoms with Gasteiger partial charge in [-0.15, -0.1) is 0 Å². The van der Waals surface area contributed by atoms with Gasteiger partial charge in [0.05, 0.1) is 11.6 Å². The monoisotopic (exact) mass is 422 g/mol. The molecule has 2 aromatic rings. The summed E-state index contributed by atoms with van der Waals surface area (Å²) in [6.07, 6.45) is 1.82. The molecule has 2 aromatic carbocycles. The minimum absolute atomic E-state index is 0.139. The van der Waals surface area contributed by atoms with Gasteiger partial charge in [-0.2, -0.15) is 0 Å². The van der Waals surface area contributed by atoms with Crippen LogP contribution in [0.4, 0.5) is 10.1 Å². The van der Waals surface area contributed by atoms with Crippen molar-refractivity contribution < 1.29 is 9.18 Å². The number of carbonyl (C=O) groups excluding carboxylic acids is 1. The van der Waals surface area contributed by atoms with Crippen molar-refractivity contribution in [2.45, 2.75) is 0 Å². The third-order valence-corrected chi connectivity index (χ3v) is 5.18. The highest BCUT2D eigenvalue weighted by atomic mass is 79.9. The van der Waals surface area contributed by atoms with Crippen LogP contribution in [0.25, 0.3) is 6.08 Å². The lowest BCUT2D eigenvalue weighted by atomic mass is 10.2. The molecular formula is C17H12BrFN2OS2. The van der Waals surface area contributed by atoms with Gasteiger partial charge in [-0.25, -0.2) is 4.39 Å². The van der Waals surface area contributed by atoms with Gasteiger partial charge in [0.1, 0.15) is 10.1 Å². The quantitative estimate of drug-likeness (QED) is 0.563.